The van der Waals surface area contributed by atoms with E-state index >= 15 is 0 Å². The van der Waals surface area contributed by atoms with E-state index in [4.69, 9.17) is 20.9 Å². The van der Waals surface area contributed by atoms with E-state index in [1.165, 1.54) is 54.6 Å². The number of nitrogen functional groups attached to an aromatic ring is 2. The molecule has 0 unspecified atom stereocenters. The number of carboxylic acids is 1. The van der Waals surface area contributed by atoms with Crippen LogP contribution in [0.2, 0.25) is 0 Å². The van der Waals surface area contributed by atoms with Gasteiger partial charge in [-0.25, -0.2) is 9.59 Å². The molecule has 0 aliphatic carbocycles. The average Bonchev–Trinajstić information content (AvgIpc) is 2.93. The number of carbonyl (C=O) groups excluding carboxylic acids is 1. The third-order valence-electron chi connectivity index (χ3n) is 6.06. The van der Waals surface area contributed by atoms with Crippen LogP contribution in [-0.4, -0.2) is 41.7 Å². The number of halogens is 7. The fraction of sp³-hybridized carbons (Fsp3) is 0.241. The second kappa shape index (κ2) is 13.0. The monoisotopic (exact) mass is 614 g/mol. The minimum absolute atomic E-state index is 0.0170. The number of nitrogens with two attached hydrogens (primary N) is 2. The Hall–Kier alpha value is -4.75. The SMILES string of the molecule is Nc1ccc(N)c(CC(=Cc2ccc(OC(=O)c3ccc(OCCCC(F)(F)C(F)(F)C(F)(F)F)cc3)cc2)C(=O)O)c1. The molecule has 0 saturated heterocycles. The van der Waals surface area contributed by atoms with Gasteiger partial charge in [-0.05, 0) is 78.2 Å². The predicted octanol–water partition coefficient (Wildman–Crippen LogP) is 6.77. The van der Waals surface area contributed by atoms with Crippen LogP contribution in [0, 0.1) is 0 Å². The molecule has 0 aromatic heterocycles. The van der Waals surface area contributed by atoms with Crippen molar-refractivity contribution in [2.75, 3.05) is 18.1 Å². The van der Waals surface area contributed by atoms with Crippen molar-refractivity contribution in [3.63, 3.8) is 0 Å². The van der Waals surface area contributed by atoms with E-state index in [1.807, 2.05) is 0 Å². The second-order valence-electron chi connectivity index (χ2n) is 9.32. The fourth-order valence-corrected chi connectivity index (χ4v) is 3.71. The van der Waals surface area contributed by atoms with Gasteiger partial charge in [0.2, 0.25) is 0 Å². The van der Waals surface area contributed by atoms with Gasteiger partial charge in [0, 0.05) is 29.8 Å². The lowest BCUT2D eigenvalue weighted by Crippen LogP contribution is -2.51. The Morgan fingerprint density at radius 3 is 2.02 bits per heavy atom. The molecule has 0 aliphatic rings. The van der Waals surface area contributed by atoms with E-state index in [9.17, 15) is 45.4 Å². The largest absolute Gasteiger partial charge is 0.494 e. The summed E-state index contributed by atoms with van der Waals surface area (Å²) in [5, 5.41) is 9.61. The summed E-state index contributed by atoms with van der Waals surface area (Å²) in [6.07, 6.45) is -7.50. The van der Waals surface area contributed by atoms with Crippen molar-refractivity contribution in [2.24, 2.45) is 0 Å². The Kier molecular flexibility index (Phi) is 9.94. The summed E-state index contributed by atoms with van der Waals surface area (Å²) in [4.78, 5) is 24.2. The number of alkyl halides is 7. The van der Waals surface area contributed by atoms with Crippen LogP contribution in [0.15, 0.2) is 72.3 Å². The number of benzene rings is 3. The van der Waals surface area contributed by atoms with Gasteiger partial charge in [0.25, 0.3) is 0 Å². The highest BCUT2D eigenvalue weighted by Crippen LogP contribution is 2.48. The molecule has 0 aliphatic heterocycles. The third-order valence-corrected chi connectivity index (χ3v) is 6.06. The molecule has 5 N–H and O–H groups in total. The number of carbonyl (C=O) groups is 2. The molecule has 3 aromatic rings. The average molecular weight is 615 g/mol. The maximum absolute atomic E-state index is 13.3. The summed E-state index contributed by atoms with van der Waals surface area (Å²) in [5.41, 5.74) is 13.6. The van der Waals surface area contributed by atoms with Crippen molar-refractivity contribution in [1.29, 1.82) is 0 Å². The summed E-state index contributed by atoms with van der Waals surface area (Å²) in [5.74, 6) is -13.2. The smallest absolute Gasteiger partial charge is 0.459 e. The van der Waals surface area contributed by atoms with Crippen LogP contribution in [0.4, 0.5) is 42.1 Å². The molecule has 0 saturated carbocycles. The zero-order valence-corrected chi connectivity index (χ0v) is 22.1. The highest BCUT2D eigenvalue weighted by molar-refractivity contribution is 5.93. The molecule has 0 radical (unpaired) electrons. The normalized spacial score (nSPS) is 12.6. The molecular weight excluding hydrogens is 589 g/mol. The molecule has 3 aromatic carbocycles. The number of aliphatic carboxylic acids is 1. The van der Waals surface area contributed by atoms with Crippen LogP contribution < -0.4 is 20.9 Å². The highest BCUT2D eigenvalue weighted by Gasteiger charge is 2.72. The second-order valence-corrected chi connectivity index (χ2v) is 9.32. The highest BCUT2D eigenvalue weighted by atomic mass is 19.4. The van der Waals surface area contributed by atoms with Crippen molar-refractivity contribution < 1.29 is 54.9 Å². The van der Waals surface area contributed by atoms with Crippen molar-refractivity contribution >= 4 is 29.4 Å². The topological polar surface area (TPSA) is 125 Å². The van der Waals surface area contributed by atoms with E-state index in [-0.39, 0.29) is 29.1 Å². The van der Waals surface area contributed by atoms with Gasteiger partial charge in [-0.2, -0.15) is 30.7 Å². The molecule has 43 heavy (non-hydrogen) atoms. The first-order valence-electron chi connectivity index (χ1n) is 12.5. The van der Waals surface area contributed by atoms with E-state index in [0.29, 0.717) is 22.5 Å². The third kappa shape index (κ3) is 8.40. The van der Waals surface area contributed by atoms with Crippen molar-refractivity contribution in [3.05, 3.63) is 89.0 Å². The lowest BCUT2D eigenvalue weighted by Gasteiger charge is -2.28. The fourth-order valence-electron chi connectivity index (χ4n) is 3.71. The van der Waals surface area contributed by atoms with Crippen molar-refractivity contribution in [2.45, 2.75) is 37.3 Å². The van der Waals surface area contributed by atoms with E-state index in [1.54, 1.807) is 18.2 Å². The van der Waals surface area contributed by atoms with Crippen LogP contribution in [0.3, 0.4) is 0 Å². The summed E-state index contributed by atoms with van der Waals surface area (Å²) in [7, 11) is 0. The number of hydrogen-bond donors (Lipinski definition) is 3. The summed E-state index contributed by atoms with van der Waals surface area (Å²) in [6.45, 7) is -0.579. The van der Waals surface area contributed by atoms with Crippen LogP contribution >= 0.6 is 0 Å². The molecule has 0 spiro atoms. The molecule has 0 bridgehead atoms. The molecule has 3 rings (SSSR count). The Labute approximate surface area is 240 Å². The Balaban J connectivity index is 1.55. The molecule has 0 atom stereocenters. The lowest BCUT2D eigenvalue weighted by atomic mass is 10.0. The number of esters is 1. The number of rotatable bonds is 12. The zero-order chi connectivity index (χ0) is 32.0. The maximum atomic E-state index is 13.3. The number of hydrogen-bond acceptors (Lipinski definition) is 6. The van der Waals surface area contributed by atoms with Crippen LogP contribution in [0.1, 0.15) is 34.3 Å². The number of ether oxygens (including phenoxy) is 2. The van der Waals surface area contributed by atoms with Gasteiger partial charge in [-0.15, -0.1) is 0 Å². The molecule has 0 heterocycles. The van der Waals surface area contributed by atoms with Crippen LogP contribution in [0.5, 0.6) is 11.5 Å². The standard InChI is InChI=1S/C29H25F7N2O5/c30-27(31,28(32,33)29(34,35)36)12-1-13-42-22-9-4-18(5-10-22)26(41)43-23-7-2-17(3-8-23)14-20(25(39)40)15-19-16-21(37)6-11-24(19)38/h2-11,14,16H,1,12-13,15,37-38H2,(H,39,40). The first-order valence-corrected chi connectivity index (χ1v) is 12.5. The quantitative estimate of drug-likeness (QED) is 0.0514. The predicted molar refractivity (Wildman–Crippen MR) is 143 cm³/mol. The van der Waals surface area contributed by atoms with Crippen molar-refractivity contribution in [3.8, 4) is 11.5 Å². The molecular formula is C29H25F7N2O5. The zero-order valence-electron chi connectivity index (χ0n) is 22.1. The van der Waals surface area contributed by atoms with Crippen molar-refractivity contribution in [1.82, 2.24) is 0 Å². The van der Waals surface area contributed by atoms with Gasteiger partial charge in [0.15, 0.2) is 0 Å². The van der Waals surface area contributed by atoms with Gasteiger partial charge in [-0.1, -0.05) is 12.1 Å². The van der Waals surface area contributed by atoms with Gasteiger partial charge in [-0.3, -0.25) is 0 Å². The first-order chi connectivity index (χ1) is 20.0. The van der Waals surface area contributed by atoms with Gasteiger partial charge in [0.1, 0.15) is 11.5 Å². The number of anilines is 2. The van der Waals surface area contributed by atoms with E-state index in [0.717, 1.165) is 0 Å². The molecule has 230 valence electrons. The molecule has 14 heteroatoms. The first kappa shape index (κ1) is 32.8. The molecule has 0 fully saturated rings. The summed E-state index contributed by atoms with van der Waals surface area (Å²) >= 11 is 0. The Morgan fingerprint density at radius 1 is 0.837 bits per heavy atom. The van der Waals surface area contributed by atoms with Crippen LogP contribution in [-0.2, 0) is 11.2 Å². The van der Waals surface area contributed by atoms with Crippen LogP contribution in [0.25, 0.3) is 6.08 Å². The molecule has 7 nitrogen and oxygen atoms in total. The summed E-state index contributed by atoms with van der Waals surface area (Å²) < 4.78 is 99.5. The van der Waals surface area contributed by atoms with E-state index in [2.05, 4.69) is 0 Å². The summed E-state index contributed by atoms with van der Waals surface area (Å²) in [6, 6.07) is 15.7. The minimum Gasteiger partial charge on any atom is -0.494 e. The van der Waals surface area contributed by atoms with Gasteiger partial charge >= 0.3 is 30.0 Å². The Morgan fingerprint density at radius 2 is 1.44 bits per heavy atom. The molecule has 0 amide bonds. The van der Waals surface area contributed by atoms with Gasteiger partial charge < -0.3 is 26.0 Å². The van der Waals surface area contributed by atoms with Gasteiger partial charge in [0.05, 0.1) is 12.2 Å². The maximum Gasteiger partial charge on any atom is 0.459 e. The lowest BCUT2D eigenvalue weighted by molar-refractivity contribution is -0.355. The van der Waals surface area contributed by atoms with E-state index < -0.39 is 49.4 Å². The number of carboxylic acid groups (broad SMARTS) is 1. The Bertz CT molecular complexity index is 1470. The minimum atomic E-state index is -6.39.